The molecule has 3 heteroatoms. The molecule has 1 saturated heterocycles. The third kappa shape index (κ3) is 2.49. The maximum absolute atomic E-state index is 12.2. The first kappa shape index (κ1) is 11.3. The summed E-state index contributed by atoms with van der Waals surface area (Å²) in [6, 6.07) is 9.43. The smallest absolute Gasteiger partial charge is 0.179 e. The van der Waals surface area contributed by atoms with Crippen molar-refractivity contribution in [3.05, 3.63) is 35.9 Å². The van der Waals surface area contributed by atoms with E-state index in [-0.39, 0.29) is 11.8 Å². The van der Waals surface area contributed by atoms with Crippen molar-refractivity contribution in [1.82, 2.24) is 4.90 Å². The maximum Gasteiger partial charge on any atom is 0.179 e. The van der Waals surface area contributed by atoms with Crippen LogP contribution in [0.15, 0.2) is 30.3 Å². The molecule has 0 radical (unpaired) electrons. The van der Waals surface area contributed by atoms with Crippen LogP contribution in [0.5, 0.6) is 0 Å². The number of hydrogen-bond acceptors (Lipinski definition) is 3. The Hall–Kier alpha value is -1.19. The highest BCUT2D eigenvalue weighted by atomic mass is 16.5. The van der Waals surface area contributed by atoms with Crippen LogP contribution >= 0.6 is 0 Å². The third-order valence-electron chi connectivity index (χ3n) is 3.03. The van der Waals surface area contributed by atoms with Crippen LogP contribution in [0.1, 0.15) is 17.3 Å². The topological polar surface area (TPSA) is 29.5 Å². The van der Waals surface area contributed by atoms with Gasteiger partial charge in [-0.2, -0.15) is 0 Å². The Morgan fingerprint density at radius 3 is 2.50 bits per heavy atom. The largest absolute Gasteiger partial charge is 0.379 e. The Labute approximate surface area is 96.0 Å². The van der Waals surface area contributed by atoms with Crippen LogP contribution in [-0.2, 0) is 4.74 Å². The molecule has 0 aliphatic carbocycles. The summed E-state index contributed by atoms with van der Waals surface area (Å²) < 4.78 is 5.28. The van der Waals surface area contributed by atoms with Gasteiger partial charge in [-0.1, -0.05) is 30.3 Å². The van der Waals surface area contributed by atoms with Crippen molar-refractivity contribution in [2.24, 2.45) is 0 Å². The number of carbonyl (C=O) groups excluding carboxylic acids is 1. The summed E-state index contributed by atoms with van der Waals surface area (Å²) in [6.07, 6.45) is 0. The van der Waals surface area contributed by atoms with Crippen molar-refractivity contribution in [3.8, 4) is 0 Å². The first-order chi connectivity index (χ1) is 7.79. The number of benzene rings is 1. The zero-order chi connectivity index (χ0) is 11.4. The van der Waals surface area contributed by atoms with E-state index in [1.807, 2.05) is 37.3 Å². The van der Waals surface area contributed by atoms with Crippen LogP contribution in [0, 0.1) is 0 Å². The fourth-order valence-electron chi connectivity index (χ4n) is 1.97. The van der Waals surface area contributed by atoms with Gasteiger partial charge in [0, 0.05) is 18.7 Å². The molecular formula is C13H17NO2. The molecule has 1 heterocycles. The lowest BCUT2D eigenvalue weighted by Crippen LogP contribution is -2.45. The molecule has 1 aromatic carbocycles. The molecular weight excluding hydrogens is 202 g/mol. The molecule has 1 atom stereocenters. The molecule has 86 valence electrons. The maximum atomic E-state index is 12.2. The first-order valence-corrected chi connectivity index (χ1v) is 5.70. The monoisotopic (exact) mass is 219 g/mol. The van der Waals surface area contributed by atoms with Crippen molar-refractivity contribution >= 4 is 5.78 Å². The molecule has 1 aliphatic heterocycles. The average Bonchev–Trinajstić information content (AvgIpc) is 2.39. The molecule has 0 spiro atoms. The second kappa shape index (κ2) is 5.23. The molecule has 0 bridgehead atoms. The van der Waals surface area contributed by atoms with Crippen LogP contribution in [0.3, 0.4) is 0 Å². The molecule has 0 saturated carbocycles. The Morgan fingerprint density at radius 2 is 1.88 bits per heavy atom. The second-order valence-corrected chi connectivity index (χ2v) is 4.05. The predicted octanol–water partition coefficient (Wildman–Crippen LogP) is 1.59. The summed E-state index contributed by atoms with van der Waals surface area (Å²) in [6.45, 7) is 5.12. The van der Waals surface area contributed by atoms with Crippen molar-refractivity contribution in [2.45, 2.75) is 13.0 Å². The van der Waals surface area contributed by atoms with E-state index in [0.29, 0.717) is 0 Å². The normalized spacial score (nSPS) is 19.3. The van der Waals surface area contributed by atoms with Gasteiger partial charge in [-0.25, -0.2) is 0 Å². The van der Waals surface area contributed by atoms with E-state index >= 15 is 0 Å². The highest BCUT2D eigenvalue weighted by Gasteiger charge is 2.23. The van der Waals surface area contributed by atoms with Gasteiger partial charge in [0.2, 0.25) is 0 Å². The van der Waals surface area contributed by atoms with E-state index in [4.69, 9.17) is 4.74 Å². The van der Waals surface area contributed by atoms with Gasteiger partial charge >= 0.3 is 0 Å². The second-order valence-electron chi connectivity index (χ2n) is 4.05. The standard InChI is InChI=1S/C13H17NO2/c1-11(14-7-9-16-10-8-14)13(15)12-5-3-2-4-6-12/h2-6,11H,7-10H2,1H3. The molecule has 0 amide bonds. The molecule has 1 unspecified atom stereocenters. The number of ether oxygens (including phenoxy) is 1. The number of Topliss-reactive ketones (excluding diaryl/α,β-unsaturated/α-hetero) is 1. The highest BCUT2D eigenvalue weighted by molar-refractivity contribution is 5.99. The van der Waals surface area contributed by atoms with Gasteiger partial charge in [-0.3, -0.25) is 9.69 Å². The summed E-state index contributed by atoms with van der Waals surface area (Å²) in [4.78, 5) is 14.3. The molecule has 2 rings (SSSR count). The minimum absolute atomic E-state index is 0.0497. The van der Waals surface area contributed by atoms with Crippen LogP contribution in [0.2, 0.25) is 0 Å². The van der Waals surface area contributed by atoms with Crippen molar-refractivity contribution in [2.75, 3.05) is 26.3 Å². The Kier molecular flexibility index (Phi) is 3.70. The van der Waals surface area contributed by atoms with Crippen molar-refractivity contribution < 1.29 is 9.53 Å². The summed E-state index contributed by atoms with van der Waals surface area (Å²) in [7, 11) is 0. The summed E-state index contributed by atoms with van der Waals surface area (Å²) in [5, 5.41) is 0. The molecule has 1 aliphatic rings. The van der Waals surface area contributed by atoms with E-state index in [0.717, 1.165) is 31.9 Å². The zero-order valence-electron chi connectivity index (χ0n) is 9.56. The Bertz CT molecular complexity index is 344. The first-order valence-electron chi connectivity index (χ1n) is 5.70. The molecule has 1 aromatic rings. The SMILES string of the molecule is CC(C(=O)c1ccccc1)N1CCOCC1. The van der Waals surface area contributed by atoms with E-state index in [1.165, 1.54) is 0 Å². The quantitative estimate of drug-likeness (QED) is 0.723. The zero-order valence-corrected chi connectivity index (χ0v) is 9.56. The summed E-state index contributed by atoms with van der Waals surface area (Å²) in [5.74, 6) is 0.197. The fraction of sp³-hybridized carbons (Fsp3) is 0.462. The number of morpholine rings is 1. The number of nitrogens with zero attached hydrogens (tertiary/aromatic N) is 1. The highest BCUT2D eigenvalue weighted by Crippen LogP contribution is 2.10. The third-order valence-corrected chi connectivity index (χ3v) is 3.03. The van der Waals surface area contributed by atoms with E-state index in [1.54, 1.807) is 0 Å². The summed E-state index contributed by atoms with van der Waals surface area (Å²) >= 11 is 0. The number of hydrogen-bond donors (Lipinski definition) is 0. The van der Waals surface area contributed by atoms with Gasteiger partial charge in [0.05, 0.1) is 19.3 Å². The number of carbonyl (C=O) groups is 1. The average molecular weight is 219 g/mol. The van der Waals surface area contributed by atoms with Crippen LogP contribution in [0.4, 0.5) is 0 Å². The molecule has 0 aromatic heterocycles. The van der Waals surface area contributed by atoms with Crippen LogP contribution < -0.4 is 0 Å². The lowest BCUT2D eigenvalue weighted by atomic mass is 10.0. The van der Waals surface area contributed by atoms with Gasteiger partial charge in [0.25, 0.3) is 0 Å². The minimum atomic E-state index is -0.0497. The van der Waals surface area contributed by atoms with Crippen molar-refractivity contribution in [1.29, 1.82) is 0 Å². The summed E-state index contributed by atoms with van der Waals surface area (Å²) in [5.41, 5.74) is 0.793. The molecule has 1 fully saturated rings. The number of ketones is 1. The van der Waals surface area contributed by atoms with Gasteiger partial charge < -0.3 is 4.74 Å². The van der Waals surface area contributed by atoms with Gasteiger partial charge in [-0.05, 0) is 6.92 Å². The van der Waals surface area contributed by atoms with Gasteiger partial charge in [-0.15, -0.1) is 0 Å². The lowest BCUT2D eigenvalue weighted by Gasteiger charge is -2.31. The molecule has 3 nitrogen and oxygen atoms in total. The van der Waals surface area contributed by atoms with Gasteiger partial charge in [0.1, 0.15) is 0 Å². The predicted molar refractivity (Wildman–Crippen MR) is 62.6 cm³/mol. The molecule has 0 N–H and O–H groups in total. The number of rotatable bonds is 3. The van der Waals surface area contributed by atoms with Crippen molar-refractivity contribution in [3.63, 3.8) is 0 Å². The Morgan fingerprint density at radius 1 is 1.25 bits per heavy atom. The minimum Gasteiger partial charge on any atom is -0.379 e. The lowest BCUT2D eigenvalue weighted by molar-refractivity contribution is 0.0208. The Balaban J connectivity index is 2.04. The van der Waals surface area contributed by atoms with Crippen LogP contribution in [0.25, 0.3) is 0 Å². The van der Waals surface area contributed by atoms with Crippen LogP contribution in [-0.4, -0.2) is 43.0 Å². The van der Waals surface area contributed by atoms with E-state index in [2.05, 4.69) is 4.90 Å². The fourth-order valence-corrected chi connectivity index (χ4v) is 1.97. The molecule has 16 heavy (non-hydrogen) atoms. The van der Waals surface area contributed by atoms with E-state index < -0.39 is 0 Å². The van der Waals surface area contributed by atoms with E-state index in [9.17, 15) is 4.79 Å². The van der Waals surface area contributed by atoms with Gasteiger partial charge in [0.15, 0.2) is 5.78 Å².